The fourth-order valence-electron chi connectivity index (χ4n) is 3.10. The number of hydrogen-bond acceptors (Lipinski definition) is 5. The van der Waals surface area contributed by atoms with Crippen LogP contribution in [0.15, 0.2) is 58.5 Å². The molecule has 0 saturated carbocycles. The van der Waals surface area contributed by atoms with Gasteiger partial charge in [0.15, 0.2) is 5.75 Å². The van der Waals surface area contributed by atoms with Crippen LogP contribution < -0.4 is 9.64 Å². The molecule has 2 aliphatic heterocycles. The summed E-state index contributed by atoms with van der Waals surface area (Å²) in [4.78, 5) is 26.7. The van der Waals surface area contributed by atoms with Crippen LogP contribution in [0.4, 0.5) is 5.69 Å². The number of ether oxygens (including phenoxy) is 2. The molecule has 3 heterocycles. The lowest BCUT2D eigenvalue weighted by molar-refractivity contribution is -0.139. The molecule has 1 aromatic heterocycles. The van der Waals surface area contributed by atoms with Gasteiger partial charge in [-0.2, -0.15) is 0 Å². The zero-order chi connectivity index (χ0) is 16.7. The van der Waals surface area contributed by atoms with Gasteiger partial charge < -0.3 is 13.9 Å². The van der Waals surface area contributed by atoms with Crippen LogP contribution in [0.5, 0.6) is 5.75 Å². The first-order valence-corrected chi connectivity index (χ1v) is 7.75. The van der Waals surface area contributed by atoms with E-state index in [1.165, 1.54) is 11.2 Å². The minimum atomic E-state index is -0.521. The summed E-state index contributed by atoms with van der Waals surface area (Å²) in [5.41, 5.74) is 0.944. The predicted octanol–water partition coefficient (Wildman–Crippen LogP) is 2.97. The average molecular weight is 325 g/mol. The van der Waals surface area contributed by atoms with E-state index in [2.05, 4.69) is 0 Å². The molecule has 0 radical (unpaired) electrons. The van der Waals surface area contributed by atoms with Crippen molar-refractivity contribution in [1.82, 2.24) is 0 Å². The Morgan fingerprint density at radius 3 is 2.88 bits per heavy atom. The van der Waals surface area contributed by atoms with Crippen molar-refractivity contribution in [3.8, 4) is 5.75 Å². The number of carbonyl (C=O) groups excluding carboxylic acids is 2. The zero-order valence-electron chi connectivity index (χ0n) is 13.0. The Hall–Kier alpha value is -3.02. The van der Waals surface area contributed by atoms with Gasteiger partial charge in [-0.3, -0.25) is 4.79 Å². The van der Waals surface area contributed by atoms with Crippen molar-refractivity contribution in [2.45, 2.75) is 19.3 Å². The van der Waals surface area contributed by atoms with E-state index in [1.54, 1.807) is 31.2 Å². The summed E-state index contributed by atoms with van der Waals surface area (Å²) in [7, 11) is 0. The molecule has 0 saturated heterocycles. The smallest absolute Gasteiger partial charge is 0.340 e. The van der Waals surface area contributed by atoms with Crippen molar-refractivity contribution in [2.24, 2.45) is 0 Å². The summed E-state index contributed by atoms with van der Waals surface area (Å²) in [6.07, 6.45) is 1.63. The van der Waals surface area contributed by atoms with Crippen molar-refractivity contribution in [3.63, 3.8) is 0 Å². The van der Waals surface area contributed by atoms with Gasteiger partial charge in [-0.15, -0.1) is 0 Å². The van der Waals surface area contributed by atoms with E-state index in [0.717, 1.165) is 0 Å². The molecule has 0 bridgehead atoms. The standard InChI is InChI=1S/C18H15NO5/c1-2-22-18(21)16-11(13-8-5-9-23-13)10-15(20)19-12-6-3-4-7-14(12)24-17(16)19/h3-9,11H,2,10H2,1H3/t11-/m0/s1. The molecule has 0 fully saturated rings. The SMILES string of the molecule is CCOC(=O)C1=C2Oc3ccccc3N2C(=O)C[C@H]1c1ccco1. The number of esters is 1. The van der Waals surface area contributed by atoms with Gasteiger partial charge in [-0.05, 0) is 31.2 Å². The topological polar surface area (TPSA) is 69.0 Å². The molecule has 0 unspecified atom stereocenters. The third kappa shape index (κ3) is 2.11. The van der Waals surface area contributed by atoms with Crippen molar-refractivity contribution in [3.05, 3.63) is 59.9 Å². The monoisotopic (exact) mass is 325 g/mol. The Bertz CT molecular complexity index is 837. The Balaban J connectivity index is 1.88. The summed E-state index contributed by atoms with van der Waals surface area (Å²) >= 11 is 0. The number of para-hydroxylation sites is 2. The van der Waals surface area contributed by atoms with Gasteiger partial charge >= 0.3 is 5.97 Å². The highest BCUT2D eigenvalue weighted by atomic mass is 16.5. The fraction of sp³-hybridized carbons (Fsp3) is 0.222. The maximum atomic E-state index is 12.7. The molecule has 0 N–H and O–H groups in total. The highest BCUT2D eigenvalue weighted by Crippen LogP contribution is 2.47. The molecule has 4 rings (SSSR count). The van der Waals surface area contributed by atoms with Crippen LogP contribution in [-0.4, -0.2) is 18.5 Å². The van der Waals surface area contributed by atoms with Gasteiger partial charge in [0.2, 0.25) is 11.8 Å². The number of benzene rings is 1. The molecule has 122 valence electrons. The van der Waals surface area contributed by atoms with Gasteiger partial charge in [-0.1, -0.05) is 12.1 Å². The van der Waals surface area contributed by atoms with E-state index >= 15 is 0 Å². The average Bonchev–Trinajstić information content (AvgIpc) is 3.22. The van der Waals surface area contributed by atoms with Crippen molar-refractivity contribution >= 4 is 17.6 Å². The number of anilines is 1. The summed E-state index contributed by atoms with van der Waals surface area (Å²) in [5, 5.41) is 0. The number of rotatable bonds is 3. The van der Waals surface area contributed by atoms with Crippen LogP contribution in [0.25, 0.3) is 0 Å². The minimum absolute atomic E-state index is 0.114. The lowest BCUT2D eigenvalue weighted by Crippen LogP contribution is -2.38. The molecule has 2 aromatic rings. The van der Waals surface area contributed by atoms with Gasteiger partial charge in [0.25, 0.3) is 0 Å². The maximum Gasteiger partial charge on any atom is 0.340 e. The van der Waals surface area contributed by atoms with Crippen molar-refractivity contribution < 1.29 is 23.5 Å². The molecule has 6 heteroatoms. The molecular weight excluding hydrogens is 310 g/mol. The molecule has 1 aromatic carbocycles. The van der Waals surface area contributed by atoms with Gasteiger partial charge in [0.1, 0.15) is 11.3 Å². The molecular formula is C18H15NO5. The molecule has 0 aliphatic carbocycles. The minimum Gasteiger partial charge on any atom is -0.469 e. The highest BCUT2D eigenvalue weighted by Gasteiger charge is 2.45. The van der Waals surface area contributed by atoms with Gasteiger partial charge in [-0.25, -0.2) is 9.69 Å². The van der Waals surface area contributed by atoms with Crippen molar-refractivity contribution in [2.75, 3.05) is 11.5 Å². The molecule has 2 aliphatic rings. The molecule has 1 amide bonds. The predicted molar refractivity (Wildman–Crippen MR) is 84.3 cm³/mol. The number of amides is 1. The summed E-state index contributed by atoms with van der Waals surface area (Å²) in [6, 6.07) is 10.7. The number of nitrogens with zero attached hydrogens (tertiary/aromatic N) is 1. The third-order valence-electron chi connectivity index (χ3n) is 4.10. The summed E-state index contributed by atoms with van der Waals surface area (Å²) in [6.45, 7) is 1.97. The Morgan fingerprint density at radius 1 is 1.29 bits per heavy atom. The van der Waals surface area contributed by atoms with Crippen LogP contribution in [0, 0.1) is 0 Å². The third-order valence-corrected chi connectivity index (χ3v) is 4.10. The fourth-order valence-corrected chi connectivity index (χ4v) is 3.10. The van der Waals surface area contributed by atoms with Crippen LogP contribution in [0.3, 0.4) is 0 Å². The first-order chi connectivity index (χ1) is 11.7. The Labute approximate surface area is 138 Å². The van der Waals surface area contributed by atoms with E-state index in [4.69, 9.17) is 13.9 Å². The number of carbonyl (C=O) groups is 2. The van der Waals surface area contributed by atoms with E-state index < -0.39 is 11.9 Å². The second kappa shape index (κ2) is 5.56. The van der Waals surface area contributed by atoms with Crippen LogP contribution in [-0.2, 0) is 14.3 Å². The molecule has 24 heavy (non-hydrogen) atoms. The number of furan rings is 1. The van der Waals surface area contributed by atoms with E-state index in [-0.39, 0.29) is 24.8 Å². The Kier molecular flexibility index (Phi) is 3.37. The number of hydrogen-bond donors (Lipinski definition) is 0. The summed E-state index contributed by atoms with van der Waals surface area (Å²) in [5.74, 6) is 0.129. The second-order valence-corrected chi connectivity index (χ2v) is 5.51. The van der Waals surface area contributed by atoms with Crippen LogP contribution in [0.2, 0.25) is 0 Å². The van der Waals surface area contributed by atoms with Crippen molar-refractivity contribution in [1.29, 1.82) is 0 Å². The van der Waals surface area contributed by atoms with E-state index in [1.807, 2.05) is 12.1 Å². The largest absolute Gasteiger partial charge is 0.469 e. The summed E-state index contributed by atoms with van der Waals surface area (Å²) < 4.78 is 16.5. The molecule has 6 nitrogen and oxygen atoms in total. The van der Waals surface area contributed by atoms with Gasteiger partial charge in [0.05, 0.1) is 24.5 Å². The quantitative estimate of drug-likeness (QED) is 0.812. The first kappa shape index (κ1) is 14.6. The highest BCUT2D eigenvalue weighted by molar-refractivity contribution is 6.06. The lowest BCUT2D eigenvalue weighted by atomic mass is 9.89. The first-order valence-electron chi connectivity index (χ1n) is 7.75. The normalized spacial score (nSPS) is 19.0. The number of fused-ring (bicyclic) bond motifs is 3. The second-order valence-electron chi connectivity index (χ2n) is 5.51. The van der Waals surface area contributed by atoms with Crippen LogP contribution in [0.1, 0.15) is 25.0 Å². The van der Waals surface area contributed by atoms with E-state index in [9.17, 15) is 9.59 Å². The maximum absolute atomic E-state index is 12.7. The van der Waals surface area contributed by atoms with E-state index in [0.29, 0.717) is 22.8 Å². The zero-order valence-corrected chi connectivity index (χ0v) is 13.0. The van der Waals surface area contributed by atoms with Gasteiger partial charge in [0, 0.05) is 6.42 Å². The Morgan fingerprint density at radius 2 is 2.12 bits per heavy atom. The molecule has 0 spiro atoms. The molecule has 1 atom stereocenters. The van der Waals surface area contributed by atoms with Crippen LogP contribution >= 0.6 is 0 Å². The lowest BCUT2D eigenvalue weighted by Gasteiger charge is -2.28.